The van der Waals surface area contributed by atoms with E-state index in [-0.39, 0.29) is 68.3 Å². The van der Waals surface area contributed by atoms with E-state index < -0.39 is 29.5 Å². The topological polar surface area (TPSA) is 189 Å². The Morgan fingerprint density at radius 2 is 1.63 bits per heavy atom. The van der Waals surface area contributed by atoms with Gasteiger partial charge in [0.15, 0.2) is 0 Å². The summed E-state index contributed by atoms with van der Waals surface area (Å²) in [6.45, 7) is 9.65. The lowest BCUT2D eigenvalue weighted by atomic mass is 9.82. The number of carbonyl (C=O) groups is 4. The number of nitrogens with zero attached hydrogens (tertiary/aromatic N) is 4. The van der Waals surface area contributed by atoms with Crippen LogP contribution in [-0.2, 0) is 32.3 Å². The summed E-state index contributed by atoms with van der Waals surface area (Å²) in [5, 5.41) is 33.5. The first-order valence-corrected chi connectivity index (χ1v) is 24.7. The largest absolute Gasteiger partial charge is 0.394 e. The van der Waals surface area contributed by atoms with Gasteiger partial charge in [-0.15, -0.1) is 11.3 Å². The maximum Gasteiger partial charge on any atom is 0.246 e. The number of amides is 4. The number of hydrogen-bond acceptors (Lipinski definition) is 11. The van der Waals surface area contributed by atoms with Crippen molar-refractivity contribution in [1.82, 2.24) is 30.4 Å². The monoisotopic (exact) mass is 940 g/mol. The highest BCUT2D eigenvalue weighted by Gasteiger charge is 2.45. The van der Waals surface area contributed by atoms with Crippen molar-refractivity contribution in [2.24, 2.45) is 11.3 Å². The van der Waals surface area contributed by atoms with E-state index >= 15 is 0 Å². The molecule has 8 rings (SSSR count). The van der Waals surface area contributed by atoms with E-state index in [1.54, 1.807) is 11.3 Å². The number of fused-ring (bicyclic) bond motifs is 3. The normalized spacial score (nSPS) is 20.5. The molecule has 5 heterocycles. The van der Waals surface area contributed by atoms with Crippen LogP contribution in [-0.4, -0.2) is 97.5 Å². The second kappa shape index (κ2) is 21.5. The lowest BCUT2D eigenvalue weighted by Gasteiger charge is -2.39. The first-order chi connectivity index (χ1) is 32.7. The number of hydrogen-bond donors (Lipinski definition) is 6. The van der Waals surface area contributed by atoms with Crippen LogP contribution in [0, 0.1) is 18.3 Å². The second-order valence-electron chi connectivity index (χ2n) is 19.6. The molecule has 68 heavy (non-hydrogen) atoms. The van der Waals surface area contributed by atoms with Crippen molar-refractivity contribution in [1.29, 1.82) is 0 Å². The summed E-state index contributed by atoms with van der Waals surface area (Å²) in [7, 11) is 0. The van der Waals surface area contributed by atoms with Gasteiger partial charge >= 0.3 is 0 Å². The van der Waals surface area contributed by atoms with Crippen LogP contribution in [0.15, 0.2) is 96.8 Å². The molecule has 2 fully saturated rings. The SMILES string of the molecule is Cc1ncsc1-c1ccc(CNC(=O)[C@@H]2C[C@@H](O)CN2C(=O)[C@@H](NC(=O)CCCCCC(=O)Nc2cccc(-c3ccc4c(c3)[C@H]3[C@H](CCN3Cc3ccncc3)[C@@H](CO)N4)c2)C(C)(C)C)cc1. The van der Waals surface area contributed by atoms with Gasteiger partial charge in [0.1, 0.15) is 12.1 Å². The van der Waals surface area contributed by atoms with Crippen molar-refractivity contribution < 1.29 is 29.4 Å². The minimum absolute atomic E-state index is 0.000575. The first kappa shape index (κ1) is 48.5. The average Bonchev–Trinajstić information content (AvgIpc) is 4.07. The van der Waals surface area contributed by atoms with E-state index in [2.05, 4.69) is 66.5 Å². The van der Waals surface area contributed by atoms with Gasteiger partial charge in [0, 0.05) is 74.6 Å². The first-order valence-electron chi connectivity index (χ1n) is 23.9. The molecular formula is C53H64N8O6S. The molecule has 6 N–H and O–H groups in total. The van der Waals surface area contributed by atoms with Gasteiger partial charge in [0.05, 0.1) is 34.8 Å². The lowest BCUT2D eigenvalue weighted by Crippen LogP contribution is -2.57. The highest BCUT2D eigenvalue weighted by molar-refractivity contribution is 7.13. The van der Waals surface area contributed by atoms with Gasteiger partial charge in [0.25, 0.3) is 0 Å². The number of aryl methyl sites for hydroxylation is 1. The molecule has 15 heteroatoms. The minimum atomic E-state index is -0.914. The number of unbranched alkanes of at least 4 members (excludes halogenated alkanes) is 2. The molecule has 2 aromatic heterocycles. The molecule has 0 radical (unpaired) electrons. The number of carbonyl (C=O) groups excluding carboxylic acids is 4. The second-order valence-corrected chi connectivity index (χ2v) is 20.4. The van der Waals surface area contributed by atoms with E-state index in [9.17, 15) is 29.4 Å². The number of β-amino-alcohol motifs (C(OH)–C–C–N with tert-alkyl or cyclic N) is 1. The van der Waals surface area contributed by atoms with Crippen molar-refractivity contribution in [3.63, 3.8) is 0 Å². The molecule has 3 aromatic carbocycles. The fraction of sp³-hybridized carbons (Fsp3) is 0.434. The van der Waals surface area contributed by atoms with Crippen LogP contribution in [0.2, 0.25) is 0 Å². The number of rotatable bonds is 17. The van der Waals surface area contributed by atoms with Gasteiger partial charge in [-0.3, -0.25) is 29.1 Å². The lowest BCUT2D eigenvalue weighted by molar-refractivity contribution is -0.144. The Morgan fingerprint density at radius 1 is 0.897 bits per heavy atom. The summed E-state index contributed by atoms with van der Waals surface area (Å²) in [4.78, 5) is 67.5. The van der Waals surface area contributed by atoms with Crippen LogP contribution in [0.25, 0.3) is 21.6 Å². The van der Waals surface area contributed by atoms with Gasteiger partial charge < -0.3 is 36.4 Å². The number of likely N-dealkylation sites (tertiary alicyclic amines) is 2. The molecule has 0 unspecified atom stereocenters. The molecule has 0 aliphatic carbocycles. The summed E-state index contributed by atoms with van der Waals surface area (Å²) in [6.07, 6.45) is 6.13. The molecule has 6 atom stereocenters. The van der Waals surface area contributed by atoms with Crippen molar-refractivity contribution in [3.8, 4) is 21.6 Å². The summed E-state index contributed by atoms with van der Waals surface area (Å²) in [6, 6.07) is 24.7. The maximum atomic E-state index is 14.1. The molecule has 4 amide bonds. The number of benzene rings is 3. The Kier molecular flexibility index (Phi) is 15.3. The Bertz CT molecular complexity index is 2560. The number of thiazole rings is 1. The van der Waals surface area contributed by atoms with Crippen LogP contribution < -0.4 is 21.3 Å². The van der Waals surface area contributed by atoms with E-state index in [4.69, 9.17) is 0 Å². The molecular weight excluding hydrogens is 877 g/mol. The van der Waals surface area contributed by atoms with Crippen molar-refractivity contribution in [2.75, 3.05) is 30.3 Å². The van der Waals surface area contributed by atoms with Gasteiger partial charge in [-0.2, -0.15) is 0 Å². The quantitative estimate of drug-likeness (QED) is 0.0520. The highest BCUT2D eigenvalue weighted by atomic mass is 32.1. The Balaban J connectivity index is 0.801. The predicted octanol–water partition coefficient (Wildman–Crippen LogP) is 7.23. The van der Waals surface area contributed by atoms with Crippen LogP contribution in [0.4, 0.5) is 11.4 Å². The van der Waals surface area contributed by atoms with Crippen LogP contribution in [0.3, 0.4) is 0 Å². The van der Waals surface area contributed by atoms with Gasteiger partial charge in [-0.05, 0) is 108 Å². The number of aliphatic hydroxyl groups excluding tert-OH is 2. The zero-order valence-corrected chi connectivity index (χ0v) is 40.2. The third-order valence-electron chi connectivity index (χ3n) is 13.6. The Morgan fingerprint density at radius 3 is 2.35 bits per heavy atom. The van der Waals surface area contributed by atoms with Crippen LogP contribution in [0.5, 0.6) is 0 Å². The predicted molar refractivity (Wildman–Crippen MR) is 265 cm³/mol. The van der Waals surface area contributed by atoms with Gasteiger partial charge in [-0.1, -0.05) is 69.7 Å². The van der Waals surface area contributed by atoms with Gasteiger partial charge in [-0.25, -0.2) is 4.98 Å². The van der Waals surface area contributed by atoms with E-state index in [1.807, 2.05) is 94.1 Å². The molecule has 0 bridgehead atoms. The summed E-state index contributed by atoms with van der Waals surface area (Å²) < 4.78 is 0. The van der Waals surface area contributed by atoms with Crippen LogP contribution >= 0.6 is 11.3 Å². The standard InChI is InChI=1S/C53H64N8O6S/c1-33-49(68-32-56-33)36-15-13-34(14-16-36)28-55-51(66)45-27-40(63)30-61(45)52(67)50(53(2,3)4)59-47(65)12-7-5-6-11-46(64)57-39-10-8-9-37(25-39)38-17-18-43-42(26-38)48-41(44(31-62)58-43)21-24-60(48)29-35-19-22-54-23-20-35/h8-10,13-20,22-23,25-26,32,40-41,44-45,48,50,58,62-63H,5-7,11-12,21,24,27-31H2,1-4H3,(H,55,66)(H,57,64)(H,59,65)/t40-,41-,44-,45+,48-,50-/m1/s1. The molecule has 0 spiro atoms. The molecule has 3 aliphatic rings. The molecule has 0 saturated carbocycles. The van der Waals surface area contributed by atoms with E-state index in [0.29, 0.717) is 31.4 Å². The summed E-state index contributed by atoms with van der Waals surface area (Å²) >= 11 is 1.58. The number of aliphatic hydroxyl groups is 2. The van der Waals surface area contributed by atoms with E-state index in [0.717, 1.165) is 58.0 Å². The third kappa shape index (κ3) is 11.5. The smallest absolute Gasteiger partial charge is 0.246 e. The Hall–Kier alpha value is -6.00. The van der Waals surface area contributed by atoms with Crippen molar-refractivity contribution >= 4 is 46.3 Å². The molecule has 358 valence electrons. The molecule has 3 aliphatic heterocycles. The zero-order valence-electron chi connectivity index (χ0n) is 39.4. The fourth-order valence-corrected chi connectivity index (χ4v) is 10.8. The average molecular weight is 941 g/mol. The number of nitrogens with one attached hydrogen (secondary N) is 4. The Labute approximate surface area is 403 Å². The third-order valence-corrected chi connectivity index (χ3v) is 14.6. The minimum Gasteiger partial charge on any atom is -0.394 e. The summed E-state index contributed by atoms with van der Waals surface area (Å²) in [5.74, 6) is -0.876. The van der Waals surface area contributed by atoms with Crippen molar-refractivity contribution in [2.45, 2.75) is 116 Å². The number of aromatic nitrogens is 2. The number of anilines is 2. The fourth-order valence-electron chi connectivity index (χ4n) is 10.00. The van der Waals surface area contributed by atoms with Crippen LogP contribution in [0.1, 0.15) is 94.1 Å². The highest BCUT2D eigenvalue weighted by Crippen LogP contribution is 2.48. The van der Waals surface area contributed by atoms with Crippen molar-refractivity contribution in [3.05, 3.63) is 119 Å². The molecule has 5 aromatic rings. The van der Waals surface area contributed by atoms with Gasteiger partial charge in [0.2, 0.25) is 23.6 Å². The number of pyridine rings is 1. The summed E-state index contributed by atoms with van der Waals surface area (Å²) in [5.41, 5.74) is 10.3. The molecule has 2 saturated heterocycles. The maximum absolute atomic E-state index is 14.1. The zero-order chi connectivity index (χ0) is 48.0. The van der Waals surface area contributed by atoms with E-state index in [1.165, 1.54) is 16.0 Å². The molecule has 14 nitrogen and oxygen atoms in total.